The average molecular weight is 208 g/mol. The maximum Gasteiger partial charge on any atom is 0.244 e. The smallest absolute Gasteiger partial charge is 0.244 e. The third-order valence-corrected chi connectivity index (χ3v) is 1.96. The summed E-state index contributed by atoms with van der Waals surface area (Å²) in [7, 11) is 0. The molecule has 0 aliphatic carbocycles. The fourth-order valence-corrected chi connectivity index (χ4v) is 1.28. The van der Waals surface area contributed by atoms with E-state index in [-0.39, 0.29) is 19.0 Å². The minimum Gasteiger partial charge on any atom is -0.314 e. The molecule has 0 saturated heterocycles. The molecule has 82 valence electrons. The highest BCUT2D eigenvalue weighted by molar-refractivity contribution is 5.85. The molecule has 0 aromatic heterocycles. The Morgan fingerprint density at radius 2 is 1.80 bits per heavy atom. The number of amides is 1. The highest BCUT2D eigenvalue weighted by atomic mass is 16.2. The normalized spacial score (nSPS) is 10.2. The molecule has 0 fully saturated rings. The Labute approximate surface area is 90.3 Å². The van der Waals surface area contributed by atoms with E-state index in [0.29, 0.717) is 6.54 Å². The highest BCUT2D eigenvalue weighted by Crippen LogP contribution is 2.07. The van der Waals surface area contributed by atoms with Crippen molar-refractivity contribution in [2.75, 3.05) is 19.6 Å². The first-order chi connectivity index (χ1) is 6.99. The van der Waals surface area contributed by atoms with E-state index in [1.165, 1.54) is 4.90 Å². The molecule has 0 atom stereocenters. The van der Waals surface area contributed by atoms with E-state index >= 15 is 0 Å². The molecule has 1 N–H and O–H groups in total. The predicted octanol–water partition coefficient (Wildman–Crippen LogP) is 0.250. The quantitative estimate of drug-likeness (QED) is 0.657. The molecule has 0 bridgehead atoms. The lowest BCUT2D eigenvalue weighted by Crippen LogP contribution is -2.54. The van der Waals surface area contributed by atoms with Crippen LogP contribution in [0.1, 0.15) is 20.8 Å². The van der Waals surface area contributed by atoms with Crippen molar-refractivity contribution in [3.8, 4) is 12.1 Å². The summed E-state index contributed by atoms with van der Waals surface area (Å²) in [6.07, 6.45) is 0. The summed E-state index contributed by atoms with van der Waals surface area (Å²) in [6.45, 7) is 5.92. The fourth-order valence-electron chi connectivity index (χ4n) is 1.28. The summed E-state index contributed by atoms with van der Waals surface area (Å²) in [5.41, 5.74) is -0.734. The molecular weight excluding hydrogens is 192 g/mol. The van der Waals surface area contributed by atoms with Crippen LogP contribution in [0.15, 0.2) is 0 Å². The van der Waals surface area contributed by atoms with Gasteiger partial charge in [0.1, 0.15) is 13.1 Å². The predicted molar refractivity (Wildman–Crippen MR) is 55.6 cm³/mol. The zero-order valence-electron chi connectivity index (χ0n) is 9.37. The minimum atomic E-state index is -0.734. The SMILES string of the molecule is CCNC(C)(C)C(=O)N(CC#N)CC#N. The molecule has 5 heteroatoms. The van der Waals surface area contributed by atoms with Gasteiger partial charge in [-0.3, -0.25) is 4.79 Å². The van der Waals surface area contributed by atoms with Crippen LogP contribution in [0.5, 0.6) is 0 Å². The largest absolute Gasteiger partial charge is 0.314 e. The molecule has 0 aliphatic rings. The molecular formula is C10H16N4O. The van der Waals surface area contributed by atoms with Crippen LogP contribution in [0.3, 0.4) is 0 Å². The molecule has 0 heterocycles. The van der Waals surface area contributed by atoms with Crippen molar-refractivity contribution < 1.29 is 4.79 Å². The first-order valence-electron chi connectivity index (χ1n) is 4.78. The molecule has 0 aromatic rings. The second-order valence-corrected chi connectivity index (χ2v) is 3.63. The van der Waals surface area contributed by atoms with Crippen molar-refractivity contribution in [3.63, 3.8) is 0 Å². The van der Waals surface area contributed by atoms with Crippen molar-refractivity contribution in [2.45, 2.75) is 26.3 Å². The van der Waals surface area contributed by atoms with Crippen LogP contribution in [0, 0.1) is 22.7 Å². The number of hydrogen-bond donors (Lipinski definition) is 1. The van der Waals surface area contributed by atoms with Crippen LogP contribution < -0.4 is 5.32 Å². The molecule has 0 saturated carbocycles. The number of likely N-dealkylation sites (N-methyl/N-ethyl adjacent to an activating group) is 1. The van der Waals surface area contributed by atoms with E-state index in [4.69, 9.17) is 10.5 Å². The molecule has 0 spiro atoms. The monoisotopic (exact) mass is 208 g/mol. The van der Waals surface area contributed by atoms with Gasteiger partial charge in [0, 0.05) is 0 Å². The van der Waals surface area contributed by atoms with Gasteiger partial charge in [-0.1, -0.05) is 6.92 Å². The molecule has 1 amide bonds. The number of nitrogens with one attached hydrogen (secondary N) is 1. The van der Waals surface area contributed by atoms with Crippen molar-refractivity contribution in [1.82, 2.24) is 10.2 Å². The molecule has 0 radical (unpaired) electrons. The summed E-state index contributed by atoms with van der Waals surface area (Å²) in [5, 5.41) is 20.1. The van der Waals surface area contributed by atoms with Gasteiger partial charge in [-0.05, 0) is 20.4 Å². The Morgan fingerprint density at radius 1 is 1.33 bits per heavy atom. The van der Waals surface area contributed by atoms with Gasteiger partial charge < -0.3 is 10.2 Å². The summed E-state index contributed by atoms with van der Waals surface area (Å²) in [6, 6.07) is 3.75. The molecule has 15 heavy (non-hydrogen) atoms. The zero-order valence-corrected chi connectivity index (χ0v) is 9.37. The number of carbonyl (C=O) groups is 1. The van der Waals surface area contributed by atoms with E-state index in [2.05, 4.69) is 5.32 Å². The molecule has 0 rings (SSSR count). The van der Waals surface area contributed by atoms with Gasteiger partial charge in [-0.2, -0.15) is 10.5 Å². The maximum absolute atomic E-state index is 11.9. The van der Waals surface area contributed by atoms with Gasteiger partial charge in [0.25, 0.3) is 0 Å². The van der Waals surface area contributed by atoms with Crippen molar-refractivity contribution in [3.05, 3.63) is 0 Å². The Hall–Kier alpha value is -1.59. The molecule has 0 unspecified atom stereocenters. The lowest BCUT2D eigenvalue weighted by atomic mass is 10.0. The first kappa shape index (κ1) is 13.4. The lowest BCUT2D eigenvalue weighted by molar-refractivity contribution is -0.135. The topological polar surface area (TPSA) is 79.9 Å². The van der Waals surface area contributed by atoms with Crippen LogP contribution in [0.4, 0.5) is 0 Å². The van der Waals surface area contributed by atoms with Crippen LogP contribution in [0.2, 0.25) is 0 Å². The van der Waals surface area contributed by atoms with Crippen molar-refractivity contribution >= 4 is 5.91 Å². The van der Waals surface area contributed by atoms with E-state index < -0.39 is 5.54 Å². The fraction of sp³-hybridized carbons (Fsp3) is 0.700. The van der Waals surface area contributed by atoms with E-state index in [1.807, 2.05) is 19.1 Å². The first-order valence-corrected chi connectivity index (χ1v) is 4.78. The summed E-state index contributed by atoms with van der Waals surface area (Å²) in [5.74, 6) is -0.229. The van der Waals surface area contributed by atoms with Gasteiger partial charge in [0.15, 0.2) is 0 Å². The Morgan fingerprint density at radius 3 is 2.13 bits per heavy atom. The van der Waals surface area contributed by atoms with Crippen LogP contribution >= 0.6 is 0 Å². The number of nitrogens with zero attached hydrogens (tertiary/aromatic N) is 3. The Balaban J connectivity index is 4.64. The van der Waals surface area contributed by atoms with E-state index in [9.17, 15) is 4.79 Å². The van der Waals surface area contributed by atoms with Gasteiger partial charge >= 0.3 is 0 Å². The maximum atomic E-state index is 11.9. The van der Waals surface area contributed by atoms with Gasteiger partial charge in [0.2, 0.25) is 5.91 Å². The minimum absolute atomic E-state index is 0.0543. The Kier molecular flexibility index (Phi) is 5.36. The van der Waals surface area contributed by atoms with Crippen LogP contribution in [-0.2, 0) is 4.79 Å². The third-order valence-electron chi connectivity index (χ3n) is 1.96. The Bertz CT molecular complexity index is 282. The summed E-state index contributed by atoms with van der Waals surface area (Å²) in [4.78, 5) is 13.1. The van der Waals surface area contributed by atoms with Crippen LogP contribution in [-0.4, -0.2) is 36.0 Å². The zero-order chi connectivity index (χ0) is 11.9. The van der Waals surface area contributed by atoms with Gasteiger partial charge in [-0.25, -0.2) is 0 Å². The third kappa shape index (κ3) is 3.97. The van der Waals surface area contributed by atoms with Crippen LogP contribution in [0.25, 0.3) is 0 Å². The number of rotatable bonds is 5. The van der Waals surface area contributed by atoms with Gasteiger partial charge in [0.05, 0.1) is 17.7 Å². The molecule has 0 aromatic carbocycles. The average Bonchev–Trinajstić information content (AvgIpc) is 2.16. The molecule has 0 aliphatic heterocycles. The second kappa shape index (κ2) is 6.00. The van der Waals surface area contributed by atoms with E-state index in [0.717, 1.165) is 0 Å². The standard InChI is InChI=1S/C10H16N4O/c1-4-13-10(2,3)9(15)14(7-5-11)8-6-12/h13H,4,7-8H2,1-3H3. The summed E-state index contributed by atoms with van der Waals surface area (Å²) >= 11 is 0. The van der Waals surface area contributed by atoms with Crippen molar-refractivity contribution in [2.24, 2.45) is 0 Å². The second-order valence-electron chi connectivity index (χ2n) is 3.63. The number of carbonyl (C=O) groups excluding carboxylic acids is 1. The molecule has 5 nitrogen and oxygen atoms in total. The van der Waals surface area contributed by atoms with Gasteiger partial charge in [-0.15, -0.1) is 0 Å². The lowest BCUT2D eigenvalue weighted by Gasteiger charge is -2.29. The number of nitriles is 2. The number of hydrogen-bond acceptors (Lipinski definition) is 4. The summed E-state index contributed by atoms with van der Waals surface area (Å²) < 4.78 is 0. The van der Waals surface area contributed by atoms with Crippen molar-refractivity contribution in [1.29, 1.82) is 10.5 Å². The highest BCUT2D eigenvalue weighted by Gasteiger charge is 2.30. The van der Waals surface area contributed by atoms with E-state index in [1.54, 1.807) is 13.8 Å².